The summed E-state index contributed by atoms with van der Waals surface area (Å²) in [6.07, 6.45) is 5.98. The zero-order chi connectivity index (χ0) is 22.7. The fraction of sp³-hybridized carbons (Fsp3) is 0.121. The van der Waals surface area contributed by atoms with Crippen molar-refractivity contribution >= 4 is 17.2 Å². The Kier molecular flexibility index (Phi) is 3.27. The van der Waals surface area contributed by atoms with Gasteiger partial charge in [0.25, 0.3) is 0 Å². The standard InChI is InChI=1S/C33H22N2/c1-3-9-24-19(6-1)16-27-25(24)11-12-26-28(27)18-22-15-23-14-20-7-2-4-10-30(20)35-32(23)29(31(22)26)17-21-8-5-13-34-33(21)35/h1-13,15H,14,16-18H2. The fourth-order valence-electron chi connectivity index (χ4n) is 7.20. The zero-order valence-corrected chi connectivity index (χ0v) is 19.3. The number of rotatable bonds is 0. The van der Waals surface area contributed by atoms with E-state index in [1.54, 1.807) is 11.1 Å². The molecule has 0 radical (unpaired) electrons. The molecular formula is C33H22N2. The molecule has 3 heterocycles. The van der Waals surface area contributed by atoms with E-state index in [4.69, 9.17) is 4.98 Å². The molecule has 0 spiro atoms. The van der Waals surface area contributed by atoms with Crippen molar-refractivity contribution in [2.45, 2.75) is 25.7 Å². The molecule has 0 unspecified atom stereocenters. The zero-order valence-electron chi connectivity index (χ0n) is 19.3. The van der Waals surface area contributed by atoms with Crippen LogP contribution in [0.2, 0.25) is 0 Å². The highest BCUT2D eigenvalue weighted by atomic mass is 15.2. The van der Waals surface area contributed by atoms with Crippen LogP contribution in [0.4, 0.5) is 17.2 Å². The van der Waals surface area contributed by atoms with Crippen molar-refractivity contribution in [3.63, 3.8) is 0 Å². The lowest BCUT2D eigenvalue weighted by atomic mass is 9.83. The van der Waals surface area contributed by atoms with Crippen molar-refractivity contribution in [2.24, 2.45) is 0 Å². The van der Waals surface area contributed by atoms with Crippen LogP contribution in [0.5, 0.6) is 0 Å². The number of anilines is 3. The summed E-state index contributed by atoms with van der Waals surface area (Å²) in [7, 11) is 0. The highest BCUT2D eigenvalue weighted by molar-refractivity contribution is 5.96. The van der Waals surface area contributed by atoms with Crippen molar-refractivity contribution in [3.05, 3.63) is 130 Å². The molecule has 0 fully saturated rings. The molecule has 1 aromatic heterocycles. The molecule has 0 saturated heterocycles. The highest BCUT2D eigenvalue weighted by Crippen LogP contribution is 2.56. The van der Waals surface area contributed by atoms with Gasteiger partial charge in [-0.2, -0.15) is 0 Å². The van der Waals surface area contributed by atoms with Crippen LogP contribution in [-0.2, 0) is 25.7 Å². The van der Waals surface area contributed by atoms with Crippen LogP contribution in [-0.4, -0.2) is 4.98 Å². The van der Waals surface area contributed by atoms with Gasteiger partial charge in [-0.3, -0.25) is 4.90 Å². The van der Waals surface area contributed by atoms with E-state index in [0.717, 1.165) is 31.5 Å². The monoisotopic (exact) mass is 446 g/mol. The number of hydrogen-bond donors (Lipinski definition) is 0. The van der Waals surface area contributed by atoms with Gasteiger partial charge < -0.3 is 0 Å². The number of pyridine rings is 1. The van der Waals surface area contributed by atoms with Gasteiger partial charge in [0.2, 0.25) is 0 Å². The summed E-state index contributed by atoms with van der Waals surface area (Å²) in [4.78, 5) is 7.33. The number of fused-ring (bicyclic) bond motifs is 12. The normalized spacial score (nSPS) is 14.9. The number of para-hydroxylation sites is 1. The summed E-state index contributed by atoms with van der Waals surface area (Å²) in [6, 6.07) is 29.4. The topological polar surface area (TPSA) is 16.1 Å². The molecule has 2 aliphatic heterocycles. The molecule has 9 rings (SSSR count). The van der Waals surface area contributed by atoms with E-state index in [1.807, 2.05) is 6.20 Å². The van der Waals surface area contributed by atoms with Crippen molar-refractivity contribution in [1.29, 1.82) is 0 Å². The molecule has 164 valence electrons. The van der Waals surface area contributed by atoms with Gasteiger partial charge in [-0.1, -0.05) is 66.7 Å². The minimum absolute atomic E-state index is 0.949. The number of nitrogens with zero attached hydrogens (tertiary/aromatic N) is 2. The first-order valence-electron chi connectivity index (χ1n) is 12.6. The predicted molar refractivity (Wildman–Crippen MR) is 141 cm³/mol. The van der Waals surface area contributed by atoms with Gasteiger partial charge in [0.05, 0.1) is 11.4 Å². The van der Waals surface area contributed by atoms with Gasteiger partial charge in [-0.25, -0.2) is 4.98 Å². The second kappa shape index (κ2) is 6.28. The Bertz CT molecular complexity index is 1750. The maximum atomic E-state index is 4.88. The first kappa shape index (κ1) is 18.2. The third kappa shape index (κ3) is 2.23. The summed E-state index contributed by atoms with van der Waals surface area (Å²) >= 11 is 0. The largest absolute Gasteiger partial charge is 0.294 e. The molecular weight excluding hydrogens is 424 g/mol. The van der Waals surface area contributed by atoms with Crippen molar-refractivity contribution in [2.75, 3.05) is 4.90 Å². The lowest BCUT2D eigenvalue weighted by Gasteiger charge is -2.39. The molecule has 2 nitrogen and oxygen atoms in total. The first-order valence-corrected chi connectivity index (χ1v) is 12.6. The Morgan fingerprint density at radius 2 is 1.29 bits per heavy atom. The summed E-state index contributed by atoms with van der Waals surface area (Å²) in [5.41, 5.74) is 20.2. The van der Waals surface area contributed by atoms with Gasteiger partial charge in [0, 0.05) is 19.0 Å². The van der Waals surface area contributed by atoms with Gasteiger partial charge in [0.15, 0.2) is 0 Å². The van der Waals surface area contributed by atoms with Crippen LogP contribution in [0.1, 0.15) is 44.5 Å². The van der Waals surface area contributed by atoms with Crippen LogP contribution in [0.3, 0.4) is 0 Å². The van der Waals surface area contributed by atoms with E-state index in [0.29, 0.717) is 0 Å². The molecule has 0 atom stereocenters. The molecule has 4 aromatic carbocycles. The van der Waals surface area contributed by atoms with Crippen LogP contribution in [0.25, 0.3) is 22.3 Å². The average Bonchev–Trinajstić information content (AvgIpc) is 3.46. The highest BCUT2D eigenvalue weighted by Gasteiger charge is 2.37. The van der Waals surface area contributed by atoms with E-state index < -0.39 is 0 Å². The van der Waals surface area contributed by atoms with Gasteiger partial charge in [-0.15, -0.1) is 0 Å². The minimum atomic E-state index is 0.949. The Balaban J connectivity index is 1.32. The molecule has 5 aromatic rings. The average molecular weight is 447 g/mol. The van der Waals surface area contributed by atoms with Gasteiger partial charge in [0.1, 0.15) is 5.82 Å². The second-order valence-electron chi connectivity index (χ2n) is 10.3. The third-order valence-corrected chi connectivity index (χ3v) is 8.59. The van der Waals surface area contributed by atoms with Gasteiger partial charge >= 0.3 is 0 Å². The van der Waals surface area contributed by atoms with Crippen LogP contribution in [0.15, 0.2) is 85.1 Å². The fourth-order valence-corrected chi connectivity index (χ4v) is 7.20. The van der Waals surface area contributed by atoms with Crippen molar-refractivity contribution in [1.82, 2.24) is 4.98 Å². The van der Waals surface area contributed by atoms with Crippen LogP contribution < -0.4 is 4.90 Å². The smallest absolute Gasteiger partial charge is 0.141 e. The molecule has 35 heavy (non-hydrogen) atoms. The lowest BCUT2D eigenvalue weighted by molar-refractivity contribution is 0.979. The Morgan fingerprint density at radius 1 is 0.543 bits per heavy atom. The summed E-state index contributed by atoms with van der Waals surface area (Å²) in [5.74, 6) is 1.09. The molecule has 0 saturated carbocycles. The predicted octanol–water partition coefficient (Wildman–Crippen LogP) is 7.50. The second-order valence-corrected chi connectivity index (χ2v) is 10.3. The summed E-state index contributed by atoms with van der Waals surface area (Å²) in [6.45, 7) is 0. The van der Waals surface area contributed by atoms with Crippen molar-refractivity contribution in [3.8, 4) is 22.3 Å². The third-order valence-electron chi connectivity index (χ3n) is 8.59. The number of aromatic nitrogens is 1. The molecule has 2 heteroatoms. The van der Waals surface area contributed by atoms with Gasteiger partial charge in [-0.05, 0) is 91.7 Å². The Morgan fingerprint density at radius 3 is 2.26 bits per heavy atom. The Hall–Kier alpha value is -4.17. The van der Waals surface area contributed by atoms with E-state index in [1.165, 1.54) is 67.0 Å². The summed E-state index contributed by atoms with van der Waals surface area (Å²) in [5, 5.41) is 0. The molecule has 2 aliphatic carbocycles. The van der Waals surface area contributed by atoms with E-state index in [2.05, 4.69) is 83.8 Å². The minimum Gasteiger partial charge on any atom is -0.294 e. The quantitative estimate of drug-likeness (QED) is 0.240. The van der Waals surface area contributed by atoms with Crippen molar-refractivity contribution < 1.29 is 0 Å². The molecule has 0 bridgehead atoms. The summed E-state index contributed by atoms with van der Waals surface area (Å²) < 4.78 is 0. The first-order chi connectivity index (χ1) is 17.3. The van der Waals surface area contributed by atoms with E-state index >= 15 is 0 Å². The maximum absolute atomic E-state index is 4.88. The molecule has 0 amide bonds. The Labute approximate surface area is 204 Å². The van der Waals surface area contributed by atoms with Crippen LogP contribution in [0, 0.1) is 0 Å². The van der Waals surface area contributed by atoms with E-state index in [9.17, 15) is 0 Å². The SMILES string of the molecule is c1ccc2c(c1)Cc1c-2ccc2c1Cc1cc3c4c(c1-2)Cc1cccnc1N4c1ccccc1C3. The van der Waals surface area contributed by atoms with E-state index in [-0.39, 0.29) is 0 Å². The molecule has 0 N–H and O–H groups in total. The number of hydrogen-bond acceptors (Lipinski definition) is 2. The number of benzene rings is 4. The molecule has 4 aliphatic rings. The van der Waals surface area contributed by atoms with Crippen LogP contribution >= 0.6 is 0 Å². The lowest BCUT2D eigenvalue weighted by Crippen LogP contribution is -2.26. The maximum Gasteiger partial charge on any atom is 0.141 e.